The lowest BCUT2D eigenvalue weighted by Crippen LogP contribution is -2.27. The van der Waals surface area contributed by atoms with Crippen LogP contribution in [0.3, 0.4) is 0 Å². The van der Waals surface area contributed by atoms with Crippen molar-refractivity contribution in [2.24, 2.45) is 17.8 Å². The monoisotopic (exact) mass is 184 g/mol. The lowest BCUT2D eigenvalue weighted by Gasteiger charge is -2.30. The summed E-state index contributed by atoms with van der Waals surface area (Å²) in [6, 6.07) is 0. The average Bonchev–Trinajstić information content (AvgIpc) is 2.10. The minimum Gasteiger partial charge on any atom is -0.466 e. The highest BCUT2D eigenvalue weighted by atomic mass is 16.5. The van der Waals surface area contributed by atoms with E-state index in [0.29, 0.717) is 12.5 Å². The van der Waals surface area contributed by atoms with Crippen molar-refractivity contribution < 1.29 is 9.53 Å². The Labute approximate surface area is 80.7 Å². The summed E-state index contributed by atoms with van der Waals surface area (Å²) in [5, 5.41) is 0. The maximum atomic E-state index is 11.4. The lowest BCUT2D eigenvalue weighted by molar-refractivity contribution is -0.150. The molecule has 3 atom stereocenters. The van der Waals surface area contributed by atoms with Crippen LogP contribution in [0.5, 0.6) is 0 Å². The normalized spacial score (nSPS) is 34.2. The Bertz CT molecular complexity index is 177. The van der Waals surface area contributed by atoms with E-state index in [4.69, 9.17) is 4.74 Å². The third-order valence-electron chi connectivity index (χ3n) is 3.22. The minimum absolute atomic E-state index is 0.0150. The topological polar surface area (TPSA) is 26.3 Å². The van der Waals surface area contributed by atoms with Crippen molar-refractivity contribution in [2.75, 3.05) is 6.61 Å². The number of ether oxygens (including phenoxy) is 1. The quantitative estimate of drug-likeness (QED) is 0.617. The van der Waals surface area contributed by atoms with Crippen molar-refractivity contribution in [3.05, 3.63) is 0 Å². The van der Waals surface area contributed by atoms with Gasteiger partial charge in [-0.1, -0.05) is 13.8 Å². The van der Waals surface area contributed by atoms with E-state index in [2.05, 4.69) is 13.8 Å². The summed E-state index contributed by atoms with van der Waals surface area (Å²) < 4.78 is 5.03. The predicted octanol–water partition coefficient (Wildman–Crippen LogP) is 2.62. The van der Waals surface area contributed by atoms with Gasteiger partial charge in [-0.25, -0.2) is 0 Å². The largest absolute Gasteiger partial charge is 0.466 e. The molecule has 3 unspecified atom stereocenters. The van der Waals surface area contributed by atoms with Crippen LogP contribution in [0.15, 0.2) is 0 Å². The van der Waals surface area contributed by atoms with Gasteiger partial charge in [0, 0.05) is 0 Å². The van der Waals surface area contributed by atoms with Crippen molar-refractivity contribution in [3.63, 3.8) is 0 Å². The Morgan fingerprint density at radius 2 is 2.00 bits per heavy atom. The molecule has 1 fully saturated rings. The fourth-order valence-electron chi connectivity index (χ4n) is 2.02. The van der Waals surface area contributed by atoms with Crippen LogP contribution in [-0.4, -0.2) is 12.6 Å². The van der Waals surface area contributed by atoms with Gasteiger partial charge in [-0.15, -0.1) is 0 Å². The fraction of sp³-hybridized carbons (Fsp3) is 0.909. The first-order chi connectivity index (χ1) is 6.15. The second kappa shape index (κ2) is 4.64. The summed E-state index contributed by atoms with van der Waals surface area (Å²) >= 11 is 0. The summed E-state index contributed by atoms with van der Waals surface area (Å²) in [6.45, 7) is 6.88. The summed E-state index contributed by atoms with van der Waals surface area (Å²) in [6.07, 6.45) is 3.20. The minimum atomic E-state index is 0.0150. The maximum Gasteiger partial charge on any atom is 0.308 e. The molecule has 1 aliphatic rings. The van der Waals surface area contributed by atoms with Crippen molar-refractivity contribution >= 4 is 5.97 Å². The van der Waals surface area contributed by atoms with Crippen LogP contribution in [0.2, 0.25) is 0 Å². The second-order valence-electron chi connectivity index (χ2n) is 4.22. The maximum absolute atomic E-state index is 11.4. The van der Waals surface area contributed by atoms with Gasteiger partial charge in [0.05, 0.1) is 12.5 Å². The van der Waals surface area contributed by atoms with E-state index in [1.165, 1.54) is 6.42 Å². The molecule has 2 nitrogen and oxygen atoms in total. The number of hydrogen-bond donors (Lipinski definition) is 0. The third-order valence-corrected chi connectivity index (χ3v) is 3.22. The van der Waals surface area contributed by atoms with Crippen molar-refractivity contribution in [1.29, 1.82) is 0 Å². The van der Waals surface area contributed by atoms with E-state index >= 15 is 0 Å². The number of hydrogen-bond acceptors (Lipinski definition) is 2. The van der Waals surface area contributed by atoms with Gasteiger partial charge >= 0.3 is 5.97 Å². The molecule has 0 N–H and O–H groups in total. The van der Waals surface area contributed by atoms with Crippen LogP contribution in [0, 0.1) is 17.8 Å². The van der Waals surface area contributed by atoms with Gasteiger partial charge in [0.1, 0.15) is 0 Å². The molecule has 0 aromatic rings. The third kappa shape index (κ3) is 2.71. The van der Waals surface area contributed by atoms with E-state index < -0.39 is 0 Å². The van der Waals surface area contributed by atoms with E-state index in [1.807, 2.05) is 6.92 Å². The van der Waals surface area contributed by atoms with E-state index in [1.54, 1.807) is 0 Å². The SMILES string of the molecule is CCOC(=O)C1CCC(C)C(C)C1. The first kappa shape index (κ1) is 10.6. The first-order valence-corrected chi connectivity index (χ1v) is 5.31. The first-order valence-electron chi connectivity index (χ1n) is 5.31. The van der Waals surface area contributed by atoms with E-state index in [-0.39, 0.29) is 11.9 Å². The van der Waals surface area contributed by atoms with Crippen LogP contribution < -0.4 is 0 Å². The molecule has 0 radical (unpaired) electrons. The molecule has 0 aromatic carbocycles. The van der Waals surface area contributed by atoms with Gasteiger partial charge in [0.25, 0.3) is 0 Å². The van der Waals surface area contributed by atoms with E-state index in [0.717, 1.165) is 18.8 Å². The summed E-state index contributed by atoms with van der Waals surface area (Å²) in [5.74, 6) is 1.63. The standard InChI is InChI=1S/C11H20O2/c1-4-13-11(12)10-6-5-8(2)9(3)7-10/h8-10H,4-7H2,1-3H3. The Morgan fingerprint density at radius 3 is 2.54 bits per heavy atom. The molecular weight excluding hydrogens is 164 g/mol. The van der Waals surface area contributed by atoms with Crippen LogP contribution in [0.1, 0.15) is 40.0 Å². The number of rotatable bonds is 2. The molecule has 1 rings (SSSR count). The molecule has 2 heteroatoms. The predicted molar refractivity (Wildman–Crippen MR) is 52.3 cm³/mol. The highest BCUT2D eigenvalue weighted by Crippen LogP contribution is 2.33. The zero-order chi connectivity index (χ0) is 9.84. The molecule has 0 spiro atoms. The summed E-state index contributed by atoms with van der Waals surface area (Å²) in [4.78, 5) is 11.4. The molecule has 76 valence electrons. The Hall–Kier alpha value is -0.530. The van der Waals surface area contributed by atoms with Crippen molar-refractivity contribution in [3.8, 4) is 0 Å². The summed E-state index contributed by atoms with van der Waals surface area (Å²) in [7, 11) is 0. The van der Waals surface area contributed by atoms with Crippen LogP contribution in [0.4, 0.5) is 0 Å². The Kier molecular flexibility index (Phi) is 3.76. The van der Waals surface area contributed by atoms with Crippen LogP contribution >= 0.6 is 0 Å². The van der Waals surface area contributed by atoms with Gasteiger partial charge in [-0.3, -0.25) is 4.79 Å². The molecule has 13 heavy (non-hydrogen) atoms. The molecular formula is C11H20O2. The Balaban J connectivity index is 2.40. The van der Waals surface area contributed by atoms with Gasteiger partial charge in [0.15, 0.2) is 0 Å². The molecule has 0 aliphatic heterocycles. The molecule has 1 aliphatic carbocycles. The van der Waals surface area contributed by atoms with E-state index in [9.17, 15) is 4.79 Å². The molecule has 0 saturated heterocycles. The zero-order valence-corrected chi connectivity index (χ0v) is 8.88. The zero-order valence-electron chi connectivity index (χ0n) is 8.88. The number of carbonyl (C=O) groups excluding carboxylic acids is 1. The second-order valence-corrected chi connectivity index (χ2v) is 4.22. The van der Waals surface area contributed by atoms with Crippen LogP contribution in [-0.2, 0) is 9.53 Å². The number of carbonyl (C=O) groups is 1. The molecule has 0 heterocycles. The Morgan fingerprint density at radius 1 is 1.31 bits per heavy atom. The summed E-state index contributed by atoms with van der Waals surface area (Å²) in [5.41, 5.74) is 0. The van der Waals surface area contributed by atoms with Gasteiger partial charge in [-0.2, -0.15) is 0 Å². The molecule has 0 amide bonds. The van der Waals surface area contributed by atoms with Crippen molar-refractivity contribution in [2.45, 2.75) is 40.0 Å². The number of esters is 1. The average molecular weight is 184 g/mol. The van der Waals surface area contributed by atoms with Crippen molar-refractivity contribution in [1.82, 2.24) is 0 Å². The van der Waals surface area contributed by atoms with Gasteiger partial charge in [-0.05, 0) is 38.0 Å². The van der Waals surface area contributed by atoms with Crippen LogP contribution in [0.25, 0.3) is 0 Å². The lowest BCUT2D eigenvalue weighted by atomic mass is 9.76. The highest BCUT2D eigenvalue weighted by Gasteiger charge is 2.29. The van der Waals surface area contributed by atoms with Gasteiger partial charge in [0.2, 0.25) is 0 Å². The molecule has 1 saturated carbocycles. The molecule has 0 bridgehead atoms. The fourth-order valence-corrected chi connectivity index (χ4v) is 2.02. The van der Waals surface area contributed by atoms with Gasteiger partial charge < -0.3 is 4.74 Å². The molecule has 0 aromatic heterocycles. The highest BCUT2D eigenvalue weighted by molar-refractivity contribution is 5.72. The smallest absolute Gasteiger partial charge is 0.308 e.